The highest BCUT2D eigenvalue weighted by Gasteiger charge is 2.08. The fraction of sp³-hybridized carbons (Fsp3) is 0.143. The molecule has 0 heterocycles. The Morgan fingerprint density at radius 2 is 1.75 bits per heavy atom. The van der Waals surface area contributed by atoms with Gasteiger partial charge in [0.2, 0.25) is 10.0 Å². The first kappa shape index (κ1) is 14.4. The second-order valence-corrected chi connectivity index (χ2v) is 6.20. The maximum Gasteiger partial charge on any atom is 0.238 e. The van der Waals surface area contributed by atoms with Crippen LogP contribution in [0.2, 0.25) is 0 Å². The first-order valence-corrected chi connectivity index (χ1v) is 7.59. The number of nitrogens with two attached hydrogens (primary N) is 2. The van der Waals surface area contributed by atoms with Gasteiger partial charge in [-0.15, -0.1) is 0 Å². The molecule has 0 aliphatic heterocycles. The van der Waals surface area contributed by atoms with E-state index >= 15 is 0 Å². The smallest absolute Gasteiger partial charge is 0.238 e. The van der Waals surface area contributed by atoms with Crippen LogP contribution in [0.4, 0.5) is 11.4 Å². The molecule has 0 atom stereocenters. The van der Waals surface area contributed by atoms with Gasteiger partial charge in [0.1, 0.15) is 0 Å². The molecule has 0 saturated carbocycles. The number of anilines is 2. The van der Waals surface area contributed by atoms with Gasteiger partial charge in [0.25, 0.3) is 0 Å². The number of rotatable bonds is 4. The minimum Gasteiger partial charge on any atom is -0.399 e. The number of hydrogen-bond acceptors (Lipinski definition) is 4. The van der Waals surface area contributed by atoms with Gasteiger partial charge in [-0.1, -0.05) is 12.1 Å². The lowest BCUT2D eigenvalue weighted by atomic mass is 10.2. The SMILES string of the molecule is CN(Cc1cccc(N)c1)c1ccc(S(N)(=O)=O)cc1. The van der Waals surface area contributed by atoms with Crippen LogP contribution in [0.1, 0.15) is 5.56 Å². The summed E-state index contributed by atoms with van der Waals surface area (Å²) < 4.78 is 22.4. The van der Waals surface area contributed by atoms with Gasteiger partial charge in [-0.05, 0) is 42.0 Å². The second kappa shape index (κ2) is 5.52. The van der Waals surface area contributed by atoms with E-state index in [1.807, 2.05) is 36.2 Å². The van der Waals surface area contributed by atoms with Gasteiger partial charge in [0, 0.05) is 25.0 Å². The normalized spacial score (nSPS) is 11.3. The number of nitrogens with zero attached hydrogens (tertiary/aromatic N) is 1. The lowest BCUT2D eigenvalue weighted by molar-refractivity contribution is 0.598. The van der Waals surface area contributed by atoms with Crippen LogP contribution < -0.4 is 15.8 Å². The molecule has 0 unspecified atom stereocenters. The molecule has 0 aliphatic carbocycles. The van der Waals surface area contributed by atoms with Crippen LogP contribution in [-0.4, -0.2) is 15.5 Å². The molecular weight excluding hydrogens is 274 g/mol. The van der Waals surface area contributed by atoms with Crippen molar-refractivity contribution in [1.82, 2.24) is 0 Å². The van der Waals surface area contributed by atoms with Crippen molar-refractivity contribution in [1.29, 1.82) is 0 Å². The lowest BCUT2D eigenvalue weighted by Crippen LogP contribution is -2.17. The summed E-state index contributed by atoms with van der Waals surface area (Å²) in [5.74, 6) is 0. The molecule has 0 amide bonds. The molecule has 2 aromatic rings. The molecule has 0 spiro atoms. The first-order valence-electron chi connectivity index (χ1n) is 6.05. The van der Waals surface area contributed by atoms with E-state index in [9.17, 15) is 8.42 Å². The van der Waals surface area contributed by atoms with Gasteiger partial charge >= 0.3 is 0 Å². The second-order valence-electron chi connectivity index (χ2n) is 4.64. The predicted octanol–water partition coefficient (Wildman–Crippen LogP) is 1.55. The van der Waals surface area contributed by atoms with E-state index in [0.717, 1.165) is 16.9 Å². The molecule has 2 rings (SSSR count). The highest BCUT2D eigenvalue weighted by atomic mass is 32.2. The Hall–Kier alpha value is -2.05. The Bertz CT molecular complexity index is 697. The third-order valence-corrected chi connectivity index (χ3v) is 3.91. The van der Waals surface area contributed by atoms with Crippen molar-refractivity contribution in [2.45, 2.75) is 11.4 Å². The molecule has 0 radical (unpaired) electrons. The van der Waals surface area contributed by atoms with E-state index in [4.69, 9.17) is 10.9 Å². The average Bonchev–Trinajstić information content (AvgIpc) is 2.38. The van der Waals surface area contributed by atoms with E-state index in [2.05, 4.69) is 0 Å². The summed E-state index contributed by atoms with van der Waals surface area (Å²) in [5.41, 5.74) is 8.45. The average molecular weight is 291 g/mol. The minimum absolute atomic E-state index is 0.110. The van der Waals surface area contributed by atoms with Crippen LogP contribution in [0.15, 0.2) is 53.4 Å². The largest absolute Gasteiger partial charge is 0.399 e. The van der Waals surface area contributed by atoms with Crippen molar-refractivity contribution in [3.63, 3.8) is 0 Å². The van der Waals surface area contributed by atoms with E-state index in [-0.39, 0.29) is 4.90 Å². The first-order chi connectivity index (χ1) is 9.36. The van der Waals surface area contributed by atoms with Gasteiger partial charge in [-0.25, -0.2) is 13.6 Å². The molecule has 0 aliphatic rings. The Morgan fingerprint density at radius 1 is 1.10 bits per heavy atom. The van der Waals surface area contributed by atoms with Crippen molar-refractivity contribution in [2.75, 3.05) is 17.7 Å². The third-order valence-electron chi connectivity index (χ3n) is 2.98. The highest BCUT2D eigenvalue weighted by Crippen LogP contribution is 2.18. The zero-order valence-electron chi connectivity index (χ0n) is 11.2. The van der Waals surface area contributed by atoms with Crippen LogP contribution >= 0.6 is 0 Å². The van der Waals surface area contributed by atoms with E-state index in [1.165, 1.54) is 12.1 Å². The van der Waals surface area contributed by atoms with Crippen LogP contribution in [0.5, 0.6) is 0 Å². The van der Waals surface area contributed by atoms with Gasteiger partial charge in [0.05, 0.1) is 4.90 Å². The maximum atomic E-state index is 11.2. The minimum atomic E-state index is -3.64. The predicted molar refractivity (Wildman–Crippen MR) is 80.8 cm³/mol. The Labute approximate surface area is 118 Å². The Balaban J connectivity index is 2.15. The molecule has 2 aromatic carbocycles. The molecule has 0 fully saturated rings. The number of sulfonamides is 1. The topological polar surface area (TPSA) is 89.4 Å². The summed E-state index contributed by atoms with van der Waals surface area (Å²) in [7, 11) is -1.72. The summed E-state index contributed by atoms with van der Waals surface area (Å²) in [6.45, 7) is 0.680. The summed E-state index contributed by atoms with van der Waals surface area (Å²) in [6.07, 6.45) is 0. The van der Waals surface area contributed by atoms with Crippen molar-refractivity contribution in [2.24, 2.45) is 5.14 Å². The lowest BCUT2D eigenvalue weighted by Gasteiger charge is -2.19. The van der Waals surface area contributed by atoms with Gasteiger partial charge in [-0.2, -0.15) is 0 Å². The Morgan fingerprint density at radius 3 is 2.30 bits per heavy atom. The van der Waals surface area contributed by atoms with Crippen molar-refractivity contribution >= 4 is 21.4 Å². The monoisotopic (exact) mass is 291 g/mol. The highest BCUT2D eigenvalue weighted by molar-refractivity contribution is 7.89. The third kappa shape index (κ3) is 3.49. The van der Waals surface area contributed by atoms with Gasteiger partial charge < -0.3 is 10.6 Å². The molecule has 4 N–H and O–H groups in total. The summed E-state index contributed by atoms with van der Waals surface area (Å²) in [4.78, 5) is 2.11. The molecule has 0 aromatic heterocycles. The number of primary sulfonamides is 1. The van der Waals surface area contributed by atoms with Crippen molar-refractivity contribution in [3.8, 4) is 0 Å². The summed E-state index contributed by atoms with van der Waals surface area (Å²) in [5, 5.41) is 5.07. The zero-order chi connectivity index (χ0) is 14.8. The summed E-state index contributed by atoms with van der Waals surface area (Å²) in [6, 6.07) is 14.1. The molecule has 5 nitrogen and oxygen atoms in total. The molecule has 0 bridgehead atoms. The zero-order valence-corrected chi connectivity index (χ0v) is 12.0. The molecule has 0 saturated heterocycles. The van der Waals surface area contributed by atoms with Crippen LogP contribution in [0.3, 0.4) is 0 Å². The van der Waals surface area contributed by atoms with E-state index in [1.54, 1.807) is 12.1 Å². The van der Waals surface area contributed by atoms with Crippen molar-refractivity contribution < 1.29 is 8.42 Å². The molecule has 20 heavy (non-hydrogen) atoms. The molecule has 6 heteroatoms. The van der Waals surface area contributed by atoms with E-state index in [0.29, 0.717) is 6.54 Å². The fourth-order valence-corrected chi connectivity index (χ4v) is 2.46. The van der Waals surface area contributed by atoms with Crippen LogP contribution in [0, 0.1) is 0 Å². The van der Waals surface area contributed by atoms with Crippen LogP contribution in [0.25, 0.3) is 0 Å². The quantitative estimate of drug-likeness (QED) is 0.836. The van der Waals surface area contributed by atoms with E-state index < -0.39 is 10.0 Å². The Kier molecular flexibility index (Phi) is 3.96. The molecule has 106 valence electrons. The summed E-state index contributed by atoms with van der Waals surface area (Å²) >= 11 is 0. The molecular formula is C14H17N3O2S. The van der Waals surface area contributed by atoms with Gasteiger partial charge in [0.15, 0.2) is 0 Å². The number of benzene rings is 2. The van der Waals surface area contributed by atoms with Gasteiger partial charge in [-0.3, -0.25) is 0 Å². The maximum absolute atomic E-state index is 11.2. The van der Waals surface area contributed by atoms with Crippen molar-refractivity contribution in [3.05, 3.63) is 54.1 Å². The fourth-order valence-electron chi connectivity index (χ4n) is 1.95. The number of hydrogen-bond donors (Lipinski definition) is 2. The standard InChI is InChI=1S/C14H17N3O2S/c1-17(10-11-3-2-4-12(15)9-11)13-5-7-14(8-6-13)20(16,18)19/h2-9H,10,15H2,1H3,(H2,16,18,19). The van der Waals surface area contributed by atoms with Crippen LogP contribution in [-0.2, 0) is 16.6 Å². The number of nitrogen functional groups attached to an aromatic ring is 1.